The molecule has 0 atom stereocenters. The van der Waals surface area contributed by atoms with Crippen molar-refractivity contribution in [2.75, 3.05) is 17.2 Å². The summed E-state index contributed by atoms with van der Waals surface area (Å²) in [4.78, 5) is 18.7. The molecular formula is C12H15N5O3. The van der Waals surface area contributed by atoms with Crippen LogP contribution in [0.25, 0.3) is 0 Å². The number of pyridine rings is 1. The molecule has 2 rings (SSSR count). The number of nitro groups is 1. The zero-order chi connectivity index (χ0) is 14.5. The normalized spacial score (nSPS) is 10.3. The number of hydrogen-bond acceptors (Lipinski definition) is 7. The van der Waals surface area contributed by atoms with E-state index in [0.29, 0.717) is 36.4 Å². The number of anilines is 2. The molecule has 0 spiro atoms. The molecule has 0 aliphatic heterocycles. The molecule has 0 aliphatic rings. The van der Waals surface area contributed by atoms with Gasteiger partial charge in [0.25, 0.3) is 5.69 Å². The predicted molar refractivity (Wildman–Crippen MR) is 73.6 cm³/mol. The lowest BCUT2D eigenvalue weighted by Gasteiger charge is -2.07. The van der Waals surface area contributed by atoms with E-state index in [-0.39, 0.29) is 5.69 Å². The topological polar surface area (TPSA) is 106 Å². The highest BCUT2D eigenvalue weighted by atomic mass is 16.6. The summed E-state index contributed by atoms with van der Waals surface area (Å²) in [7, 11) is 0. The van der Waals surface area contributed by atoms with Gasteiger partial charge in [-0.2, -0.15) is 0 Å². The molecule has 0 fully saturated rings. The first-order valence-electron chi connectivity index (χ1n) is 6.14. The van der Waals surface area contributed by atoms with Crippen LogP contribution in [0, 0.1) is 17.0 Å². The summed E-state index contributed by atoms with van der Waals surface area (Å²) in [6.45, 7) is 4.63. The van der Waals surface area contributed by atoms with Crippen molar-refractivity contribution in [2.24, 2.45) is 0 Å². The fraction of sp³-hybridized carbons (Fsp3) is 0.333. The minimum absolute atomic E-state index is 0.0259. The molecule has 0 saturated heterocycles. The standard InChI is InChI=1S/C12H15N5O3/c1-3-13-10-4-9(17(18)19)5-11(16-10)14-7-12-15-6-8(2)20-12/h4-6H,3,7H2,1-2H3,(H2,13,14,16). The average molecular weight is 277 g/mol. The quantitative estimate of drug-likeness (QED) is 0.616. The highest BCUT2D eigenvalue weighted by Crippen LogP contribution is 2.21. The Balaban J connectivity index is 2.15. The van der Waals surface area contributed by atoms with Gasteiger partial charge in [0.05, 0.1) is 29.8 Å². The number of oxazole rings is 1. The summed E-state index contributed by atoms with van der Waals surface area (Å²) in [5, 5.41) is 16.8. The zero-order valence-electron chi connectivity index (χ0n) is 11.2. The van der Waals surface area contributed by atoms with Crippen LogP contribution >= 0.6 is 0 Å². The van der Waals surface area contributed by atoms with Gasteiger partial charge < -0.3 is 15.1 Å². The molecule has 2 aromatic heterocycles. The van der Waals surface area contributed by atoms with Crippen molar-refractivity contribution < 1.29 is 9.34 Å². The van der Waals surface area contributed by atoms with Crippen LogP contribution in [-0.4, -0.2) is 21.4 Å². The van der Waals surface area contributed by atoms with Gasteiger partial charge in [-0.1, -0.05) is 0 Å². The Morgan fingerprint density at radius 1 is 1.35 bits per heavy atom. The lowest BCUT2D eigenvalue weighted by Crippen LogP contribution is -2.06. The summed E-state index contributed by atoms with van der Waals surface area (Å²) >= 11 is 0. The smallest absolute Gasteiger partial charge is 0.276 e. The van der Waals surface area contributed by atoms with Crippen LogP contribution in [0.4, 0.5) is 17.3 Å². The van der Waals surface area contributed by atoms with Gasteiger partial charge in [-0.15, -0.1) is 0 Å². The molecule has 0 aliphatic carbocycles. The van der Waals surface area contributed by atoms with Crippen LogP contribution in [0.15, 0.2) is 22.7 Å². The lowest BCUT2D eigenvalue weighted by atomic mass is 10.3. The number of hydrogen-bond donors (Lipinski definition) is 2. The summed E-state index contributed by atoms with van der Waals surface area (Å²) < 4.78 is 5.31. The Bertz CT molecular complexity index is 611. The molecule has 0 bridgehead atoms. The summed E-state index contributed by atoms with van der Waals surface area (Å²) in [5.41, 5.74) is -0.0259. The van der Waals surface area contributed by atoms with Crippen molar-refractivity contribution in [1.29, 1.82) is 0 Å². The number of aryl methyl sites for hydroxylation is 1. The minimum Gasteiger partial charge on any atom is -0.444 e. The maximum absolute atomic E-state index is 10.9. The first kappa shape index (κ1) is 13.8. The van der Waals surface area contributed by atoms with Crippen LogP contribution in [0.2, 0.25) is 0 Å². The molecule has 2 N–H and O–H groups in total. The molecule has 106 valence electrons. The van der Waals surface area contributed by atoms with Crippen LogP contribution in [0.1, 0.15) is 18.6 Å². The third kappa shape index (κ3) is 3.44. The van der Waals surface area contributed by atoms with Gasteiger partial charge in [-0.25, -0.2) is 9.97 Å². The van der Waals surface area contributed by atoms with Crippen LogP contribution in [-0.2, 0) is 6.54 Å². The van der Waals surface area contributed by atoms with Gasteiger partial charge in [0.2, 0.25) is 5.89 Å². The summed E-state index contributed by atoms with van der Waals surface area (Å²) in [6, 6.07) is 2.76. The van der Waals surface area contributed by atoms with Gasteiger partial charge in [-0.3, -0.25) is 10.1 Å². The third-order valence-electron chi connectivity index (χ3n) is 2.47. The molecule has 8 heteroatoms. The van der Waals surface area contributed by atoms with E-state index in [2.05, 4.69) is 20.6 Å². The van der Waals surface area contributed by atoms with E-state index in [1.165, 1.54) is 12.1 Å². The summed E-state index contributed by atoms with van der Waals surface area (Å²) in [6.07, 6.45) is 1.61. The van der Waals surface area contributed by atoms with Crippen LogP contribution < -0.4 is 10.6 Å². The molecule has 0 saturated carbocycles. The van der Waals surface area contributed by atoms with Crippen molar-refractivity contribution in [1.82, 2.24) is 9.97 Å². The van der Waals surface area contributed by atoms with E-state index in [1.54, 1.807) is 13.1 Å². The van der Waals surface area contributed by atoms with Gasteiger partial charge >= 0.3 is 0 Å². The Labute approximate surface area is 115 Å². The zero-order valence-corrected chi connectivity index (χ0v) is 11.2. The summed E-state index contributed by atoms with van der Waals surface area (Å²) in [5.74, 6) is 2.06. The van der Waals surface area contributed by atoms with Gasteiger partial charge in [0, 0.05) is 6.54 Å². The van der Waals surface area contributed by atoms with Crippen molar-refractivity contribution >= 4 is 17.3 Å². The molecule has 20 heavy (non-hydrogen) atoms. The molecule has 2 aromatic rings. The van der Waals surface area contributed by atoms with E-state index in [1.807, 2.05) is 6.92 Å². The van der Waals surface area contributed by atoms with Crippen molar-refractivity contribution in [3.05, 3.63) is 40.1 Å². The Kier molecular flexibility index (Phi) is 4.14. The lowest BCUT2D eigenvalue weighted by molar-refractivity contribution is -0.384. The Morgan fingerprint density at radius 2 is 2.05 bits per heavy atom. The van der Waals surface area contributed by atoms with Crippen LogP contribution in [0.3, 0.4) is 0 Å². The molecule has 2 heterocycles. The molecule has 8 nitrogen and oxygen atoms in total. The number of nitrogens with one attached hydrogen (secondary N) is 2. The molecule has 0 aromatic carbocycles. The van der Waals surface area contributed by atoms with Crippen molar-refractivity contribution in [3.63, 3.8) is 0 Å². The van der Waals surface area contributed by atoms with Gasteiger partial charge in [-0.05, 0) is 13.8 Å². The highest BCUT2D eigenvalue weighted by Gasteiger charge is 2.11. The SMILES string of the molecule is CCNc1cc([N+](=O)[O-])cc(NCc2ncc(C)o2)n1. The largest absolute Gasteiger partial charge is 0.444 e. The van der Waals surface area contributed by atoms with Crippen molar-refractivity contribution in [3.8, 4) is 0 Å². The monoisotopic (exact) mass is 277 g/mol. The Morgan fingerprint density at radius 3 is 2.60 bits per heavy atom. The van der Waals surface area contributed by atoms with E-state index in [9.17, 15) is 10.1 Å². The molecular weight excluding hydrogens is 262 g/mol. The maximum atomic E-state index is 10.9. The molecule has 0 unspecified atom stereocenters. The van der Waals surface area contributed by atoms with Crippen molar-refractivity contribution in [2.45, 2.75) is 20.4 Å². The molecule has 0 amide bonds. The number of aromatic nitrogens is 2. The van der Waals surface area contributed by atoms with E-state index in [0.717, 1.165) is 0 Å². The fourth-order valence-corrected chi connectivity index (χ4v) is 1.63. The van der Waals surface area contributed by atoms with E-state index >= 15 is 0 Å². The third-order valence-corrected chi connectivity index (χ3v) is 2.47. The maximum Gasteiger partial charge on any atom is 0.276 e. The van der Waals surface area contributed by atoms with E-state index < -0.39 is 4.92 Å². The van der Waals surface area contributed by atoms with E-state index in [4.69, 9.17) is 4.42 Å². The van der Waals surface area contributed by atoms with Gasteiger partial charge in [0.15, 0.2) is 0 Å². The predicted octanol–water partition coefficient (Wildman–Crippen LogP) is 2.33. The fourth-order valence-electron chi connectivity index (χ4n) is 1.63. The van der Waals surface area contributed by atoms with Crippen LogP contribution in [0.5, 0.6) is 0 Å². The Hall–Kier alpha value is -2.64. The first-order valence-corrected chi connectivity index (χ1v) is 6.14. The minimum atomic E-state index is -0.455. The second kappa shape index (κ2) is 6.00. The second-order valence-electron chi connectivity index (χ2n) is 4.10. The highest BCUT2D eigenvalue weighted by molar-refractivity contribution is 5.54. The van der Waals surface area contributed by atoms with Gasteiger partial charge in [0.1, 0.15) is 17.4 Å². The molecule has 0 radical (unpaired) electrons. The second-order valence-corrected chi connectivity index (χ2v) is 4.10. The average Bonchev–Trinajstić information content (AvgIpc) is 2.82. The number of nitrogens with zero attached hydrogens (tertiary/aromatic N) is 3. The number of rotatable bonds is 6. The first-order chi connectivity index (χ1) is 9.58.